The van der Waals surface area contributed by atoms with Crippen LogP contribution in [0.3, 0.4) is 0 Å². The Kier molecular flexibility index (Phi) is 8.00. The molecule has 1 saturated heterocycles. The molecule has 2 atom stereocenters. The van der Waals surface area contributed by atoms with Gasteiger partial charge in [-0.25, -0.2) is 8.42 Å². The summed E-state index contributed by atoms with van der Waals surface area (Å²) in [5.74, 6) is -2.48. The molecule has 4 rings (SSSR count). The van der Waals surface area contributed by atoms with Gasteiger partial charge in [0.2, 0.25) is 0 Å². The average molecular weight is 543 g/mol. The quantitative estimate of drug-likeness (QED) is 0.446. The molecule has 37 heavy (non-hydrogen) atoms. The summed E-state index contributed by atoms with van der Waals surface area (Å²) in [5, 5.41) is 13.8. The Morgan fingerprint density at radius 3 is 2.62 bits per heavy atom. The van der Waals surface area contributed by atoms with E-state index in [1.165, 1.54) is 29.4 Å². The topological polar surface area (TPSA) is 137 Å². The van der Waals surface area contributed by atoms with Crippen LogP contribution in [0.5, 0.6) is 0 Å². The number of carboxylic acids is 1. The molecule has 2 aromatic heterocycles. The lowest BCUT2D eigenvalue weighted by molar-refractivity contribution is -0.138. The molecule has 0 aliphatic carbocycles. The van der Waals surface area contributed by atoms with Gasteiger partial charge in [0.15, 0.2) is 6.17 Å². The number of nitrogens with zero attached hydrogens (tertiary/aromatic N) is 3. The third-order valence-electron chi connectivity index (χ3n) is 5.95. The van der Waals surface area contributed by atoms with E-state index >= 15 is 0 Å². The van der Waals surface area contributed by atoms with Crippen LogP contribution in [0.25, 0.3) is 0 Å². The third kappa shape index (κ3) is 5.87. The highest BCUT2D eigenvalue weighted by atomic mass is 32.2. The Hall–Kier alpha value is -3.61. The highest BCUT2D eigenvalue weighted by molar-refractivity contribution is 7.91. The van der Waals surface area contributed by atoms with E-state index in [0.29, 0.717) is 12.0 Å². The van der Waals surface area contributed by atoms with E-state index in [-0.39, 0.29) is 22.9 Å². The standard InChI is InChI=1S/C25H26N4O6S2/c1-17-6-2-7-18(14-17)20(15-21(30)31)27-23(32)24-28(25(33)19-8-3-10-26-16-19)11-5-12-29(24)37(34,35)22-9-4-13-36-22/h2-4,6-10,13-14,16,20,24H,5,11-12,15H2,1H3,(H,27,32)(H,30,31). The van der Waals surface area contributed by atoms with Crippen molar-refractivity contribution in [3.05, 3.63) is 83.0 Å². The second-order valence-electron chi connectivity index (χ2n) is 8.59. The molecule has 12 heteroatoms. The van der Waals surface area contributed by atoms with Crippen molar-refractivity contribution in [3.8, 4) is 0 Å². The minimum atomic E-state index is -4.13. The summed E-state index contributed by atoms with van der Waals surface area (Å²) >= 11 is 1.01. The molecule has 194 valence electrons. The summed E-state index contributed by atoms with van der Waals surface area (Å²) in [7, 11) is -4.13. The molecule has 1 aromatic carbocycles. The normalized spacial score (nSPS) is 17.2. The predicted octanol–water partition coefficient (Wildman–Crippen LogP) is 2.65. The van der Waals surface area contributed by atoms with Crippen LogP contribution in [0.1, 0.15) is 40.4 Å². The monoisotopic (exact) mass is 542 g/mol. The molecule has 1 fully saturated rings. The predicted molar refractivity (Wildman–Crippen MR) is 136 cm³/mol. The minimum Gasteiger partial charge on any atom is -0.481 e. The first kappa shape index (κ1) is 26.5. The summed E-state index contributed by atoms with van der Waals surface area (Å²) in [6.45, 7) is 1.99. The Morgan fingerprint density at radius 2 is 1.97 bits per heavy atom. The number of rotatable bonds is 8. The highest BCUT2D eigenvalue weighted by Gasteiger charge is 2.45. The number of amides is 2. The number of hydrogen-bond donors (Lipinski definition) is 2. The van der Waals surface area contributed by atoms with Crippen LogP contribution in [0.2, 0.25) is 0 Å². The number of carboxylic acid groups (broad SMARTS) is 1. The first-order valence-corrected chi connectivity index (χ1v) is 13.9. The minimum absolute atomic E-state index is 0.0170. The zero-order chi connectivity index (χ0) is 26.6. The van der Waals surface area contributed by atoms with Crippen molar-refractivity contribution in [1.29, 1.82) is 0 Å². The van der Waals surface area contributed by atoms with Crippen LogP contribution in [-0.2, 0) is 19.6 Å². The number of pyridine rings is 1. The van der Waals surface area contributed by atoms with Crippen molar-refractivity contribution in [2.24, 2.45) is 0 Å². The van der Waals surface area contributed by atoms with E-state index in [2.05, 4.69) is 10.3 Å². The number of aromatic nitrogens is 1. The number of benzene rings is 1. The number of aryl methyl sites for hydroxylation is 1. The van der Waals surface area contributed by atoms with Crippen molar-refractivity contribution >= 4 is 39.1 Å². The van der Waals surface area contributed by atoms with Gasteiger partial charge in [-0.3, -0.25) is 19.4 Å². The first-order chi connectivity index (χ1) is 17.7. The maximum atomic E-state index is 13.8. The van der Waals surface area contributed by atoms with Crippen LogP contribution in [0.4, 0.5) is 0 Å². The Balaban J connectivity index is 1.74. The van der Waals surface area contributed by atoms with Gasteiger partial charge in [0.1, 0.15) is 4.21 Å². The van der Waals surface area contributed by atoms with E-state index in [1.54, 1.807) is 35.7 Å². The first-order valence-electron chi connectivity index (χ1n) is 11.5. The summed E-state index contributed by atoms with van der Waals surface area (Å²) in [5.41, 5.74) is 1.64. The summed E-state index contributed by atoms with van der Waals surface area (Å²) in [6.07, 6.45) is 1.23. The second-order valence-corrected chi connectivity index (χ2v) is 11.7. The molecule has 3 heterocycles. The lowest BCUT2D eigenvalue weighted by Gasteiger charge is -2.42. The lowest BCUT2D eigenvalue weighted by Crippen LogP contribution is -2.63. The van der Waals surface area contributed by atoms with Gasteiger partial charge in [0, 0.05) is 25.5 Å². The average Bonchev–Trinajstić information content (AvgIpc) is 3.44. The number of sulfonamides is 1. The van der Waals surface area contributed by atoms with Gasteiger partial charge < -0.3 is 15.3 Å². The molecular formula is C25H26N4O6S2. The van der Waals surface area contributed by atoms with Gasteiger partial charge in [0.05, 0.1) is 18.0 Å². The molecule has 2 amide bonds. The Morgan fingerprint density at radius 1 is 1.16 bits per heavy atom. The molecule has 0 spiro atoms. The molecule has 2 N–H and O–H groups in total. The number of carbonyl (C=O) groups is 3. The van der Waals surface area contributed by atoms with E-state index in [1.807, 2.05) is 13.0 Å². The maximum absolute atomic E-state index is 13.8. The van der Waals surface area contributed by atoms with E-state index in [9.17, 15) is 27.9 Å². The molecule has 0 saturated carbocycles. The van der Waals surface area contributed by atoms with Gasteiger partial charge in [0.25, 0.3) is 21.8 Å². The summed E-state index contributed by atoms with van der Waals surface area (Å²) in [6, 6.07) is 12.3. The lowest BCUT2D eigenvalue weighted by atomic mass is 10.0. The fourth-order valence-electron chi connectivity index (χ4n) is 4.27. The van der Waals surface area contributed by atoms with Crippen LogP contribution >= 0.6 is 11.3 Å². The molecule has 1 aliphatic heterocycles. The number of nitrogens with one attached hydrogen (secondary N) is 1. The second kappa shape index (κ2) is 11.2. The Bertz CT molecular complexity index is 1380. The van der Waals surface area contributed by atoms with Crippen LogP contribution in [0.15, 0.2) is 70.5 Å². The molecule has 2 unspecified atom stereocenters. The largest absolute Gasteiger partial charge is 0.481 e. The summed E-state index contributed by atoms with van der Waals surface area (Å²) in [4.78, 5) is 44.1. The number of hydrogen-bond acceptors (Lipinski definition) is 7. The van der Waals surface area contributed by atoms with E-state index < -0.39 is 46.4 Å². The highest BCUT2D eigenvalue weighted by Crippen LogP contribution is 2.29. The SMILES string of the molecule is Cc1cccc(C(CC(=O)O)NC(=O)C2N(C(=O)c3cccnc3)CCCN2S(=O)(=O)c2cccs2)c1. The number of thiophene rings is 1. The van der Waals surface area contributed by atoms with E-state index in [4.69, 9.17) is 0 Å². The summed E-state index contributed by atoms with van der Waals surface area (Å²) < 4.78 is 28.2. The fourth-order valence-corrected chi connectivity index (χ4v) is 6.99. The number of aliphatic carboxylic acids is 1. The molecule has 0 radical (unpaired) electrons. The van der Waals surface area contributed by atoms with Crippen molar-refractivity contribution in [2.75, 3.05) is 13.1 Å². The van der Waals surface area contributed by atoms with Crippen LogP contribution in [0, 0.1) is 6.92 Å². The molecule has 0 bridgehead atoms. The van der Waals surface area contributed by atoms with Crippen molar-refractivity contribution in [1.82, 2.24) is 19.5 Å². The fraction of sp³-hybridized carbons (Fsp3) is 0.280. The van der Waals surface area contributed by atoms with Gasteiger partial charge in [-0.15, -0.1) is 11.3 Å². The van der Waals surface area contributed by atoms with Crippen LogP contribution < -0.4 is 5.32 Å². The zero-order valence-corrected chi connectivity index (χ0v) is 21.6. The molecule has 10 nitrogen and oxygen atoms in total. The molecular weight excluding hydrogens is 516 g/mol. The molecule has 1 aliphatic rings. The van der Waals surface area contributed by atoms with Crippen LogP contribution in [-0.4, -0.2) is 64.8 Å². The molecule has 3 aromatic rings. The van der Waals surface area contributed by atoms with Gasteiger partial charge >= 0.3 is 5.97 Å². The van der Waals surface area contributed by atoms with E-state index in [0.717, 1.165) is 21.2 Å². The smallest absolute Gasteiger partial charge is 0.305 e. The Labute approximate surface area is 218 Å². The van der Waals surface area contributed by atoms with Gasteiger partial charge in [-0.2, -0.15) is 4.31 Å². The van der Waals surface area contributed by atoms with Crippen molar-refractivity contribution in [3.63, 3.8) is 0 Å². The van der Waals surface area contributed by atoms with Gasteiger partial charge in [-0.05, 0) is 42.5 Å². The zero-order valence-electron chi connectivity index (χ0n) is 20.0. The van der Waals surface area contributed by atoms with Crippen molar-refractivity contribution < 1.29 is 27.9 Å². The van der Waals surface area contributed by atoms with Gasteiger partial charge in [-0.1, -0.05) is 35.9 Å². The number of carbonyl (C=O) groups excluding carboxylic acids is 2. The maximum Gasteiger partial charge on any atom is 0.305 e. The third-order valence-corrected chi connectivity index (χ3v) is 9.17. The van der Waals surface area contributed by atoms with Crippen molar-refractivity contribution in [2.45, 2.75) is 36.2 Å².